The van der Waals surface area contributed by atoms with E-state index in [2.05, 4.69) is 6.58 Å². The second-order valence-electron chi connectivity index (χ2n) is 3.94. The summed E-state index contributed by atoms with van der Waals surface area (Å²) >= 11 is 0. The maximum Gasteiger partial charge on any atom is 0.0640 e. The molecule has 0 amide bonds. The molecular weight excluding hydrogens is 164 g/mol. The molecule has 0 heterocycles. The molecule has 1 rings (SSSR count). The van der Waals surface area contributed by atoms with E-state index in [0.717, 1.165) is 11.1 Å². The van der Waals surface area contributed by atoms with E-state index in [1.165, 1.54) is 0 Å². The van der Waals surface area contributed by atoms with Crippen molar-refractivity contribution in [1.29, 1.82) is 0 Å². The van der Waals surface area contributed by atoms with Crippen LogP contribution in [0.3, 0.4) is 0 Å². The van der Waals surface area contributed by atoms with Crippen molar-refractivity contribution in [2.24, 2.45) is 11.8 Å². The Morgan fingerprint density at radius 1 is 1.69 bits per heavy atom. The highest BCUT2D eigenvalue weighted by Crippen LogP contribution is 2.31. The summed E-state index contributed by atoms with van der Waals surface area (Å²) in [4.78, 5) is 0. The fourth-order valence-electron chi connectivity index (χ4n) is 1.68. The molecule has 0 aromatic heterocycles. The van der Waals surface area contributed by atoms with Crippen LogP contribution in [0.1, 0.15) is 20.3 Å². The Balaban J connectivity index is 2.83. The van der Waals surface area contributed by atoms with Gasteiger partial charge in [0.05, 0.1) is 6.10 Å². The van der Waals surface area contributed by atoms with Gasteiger partial charge < -0.3 is 10.2 Å². The molecule has 2 N–H and O–H groups in total. The molecule has 1 unspecified atom stereocenters. The van der Waals surface area contributed by atoms with Gasteiger partial charge in [0.2, 0.25) is 0 Å². The minimum absolute atomic E-state index is 0.141. The SMILES string of the molecule is C=C1C[C@H](O)C(C)C=C1[C@H](C)CO. The van der Waals surface area contributed by atoms with Crippen molar-refractivity contribution >= 4 is 0 Å². The minimum atomic E-state index is -0.304. The molecule has 3 atom stereocenters. The zero-order valence-corrected chi connectivity index (χ0v) is 8.33. The summed E-state index contributed by atoms with van der Waals surface area (Å²) in [6.45, 7) is 8.02. The fraction of sp³-hybridized carbons (Fsp3) is 0.636. The van der Waals surface area contributed by atoms with Gasteiger partial charge in [-0.25, -0.2) is 0 Å². The van der Waals surface area contributed by atoms with Gasteiger partial charge >= 0.3 is 0 Å². The van der Waals surface area contributed by atoms with E-state index < -0.39 is 0 Å². The maximum atomic E-state index is 9.55. The van der Waals surface area contributed by atoms with E-state index >= 15 is 0 Å². The average Bonchev–Trinajstić information content (AvgIpc) is 2.10. The van der Waals surface area contributed by atoms with Crippen LogP contribution >= 0.6 is 0 Å². The molecule has 0 radical (unpaired) electrons. The summed E-state index contributed by atoms with van der Waals surface area (Å²) < 4.78 is 0. The molecule has 0 spiro atoms. The van der Waals surface area contributed by atoms with Crippen molar-refractivity contribution in [3.8, 4) is 0 Å². The van der Waals surface area contributed by atoms with Crippen LogP contribution in [0.4, 0.5) is 0 Å². The van der Waals surface area contributed by atoms with Gasteiger partial charge in [0.1, 0.15) is 0 Å². The van der Waals surface area contributed by atoms with Crippen LogP contribution in [-0.2, 0) is 0 Å². The minimum Gasteiger partial charge on any atom is -0.396 e. The smallest absolute Gasteiger partial charge is 0.0640 e. The Hall–Kier alpha value is -0.600. The van der Waals surface area contributed by atoms with Crippen molar-refractivity contribution in [1.82, 2.24) is 0 Å². The summed E-state index contributed by atoms with van der Waals surface area (Å²) in [5.41, 5.74) is 2.08. The van der Waals surface area contributed by atoms with Crippen LogP contribution in [0.15, 0.2) is 23.8 Å². The molecule has 0 aromatic rings. The Morgan fingerprint density at radius 2 is 2.31 bits per heavy atom. The molecule has 0 bridgehead atoms. The number of aliphatic hydroxyl groups is 2. The highest BCUT2D eigenvalue weighted by molar-refractivity contribution is 5.34. The van der Waals surface area contributed by atoms with E-state index in [1.807, 2.05) is 19.9 Å². The summed E-state index contributed by atoms with van der Waals surface area (Å²) in [5, 5.41) is 18.6. The van der Waals surface area contributed by atoms with Crippen molar-refractivity contribution in [2.75, 3.05) is 6.61 Å². The Labute approximate surface area is 79.6 Å². The number of aliphatic hydroxyl groups excluding tert-OH is 2. The van der Waals surface area contributed by atoms with E-state index in [1.54, 1.807) is 0 Å². The number of hydrogen-bond donors (Lipinski definition) is 2. The van der Waals surface area contributed by atoms with E-state index in [-0.39, 0.29) is 24.5 Å². The first kappa shape index (κ1) is 10.5. The first-order valence-corrected chi connectivity index (χ1v) is 4.75. The van der Waals surface area contributed by atoms with Crippen molar-refractivity contribution in [3.05, 3.63) is 23.8 Å². The van der Waals surface area contributed by atoms with Gasteiger partial charge in [-0.15, -0.1) is 0 Å². The molecular formula is C11H18O2. The first-order valence-electron chi connectivity index (χ1n) is 4.75. The van der Waals surface area contributed by atoms with Crippen LogP contribution < -0.4 is 0 Å². The molecule has 0 aromatic carbocycles. The maximum absolute atomic E-state index is 9.55. The van der Waals surface area contributed by atoms with Gasteiger partial charge in [-0.05, 0) is 17.6 Å². The lowest BCUT2D eigenvalue weighted by Gasteiger charge is -2.28. The summed E-state index contributed by atoms with van der Waals surface area (Å²) in [6, 6.07) is 0. The highest BCUT2D eigenvalue weighted by atomic mass is 16.3. The van der Waals surface area contributed by atoms with E-state index in [9.17, 15) is 5.11 Å². The normalized spacial score (nSPS) is 31.4. The zero-order chi connectivity index (χ0) is 10.0. The lowest BCUT2D eigenvalue weighted by Crippen LogP contribution is -2.24. The molecule has 0 saturated heterocycles. The summed E-state index contributed by atoms with van der Waals surface area (Å²) in [7, 11) is 0. The lowest BCUT2D eigenvalue weighted by molar-refractivity contribution is 0.131. The largest absolute Gasteiger partial charge is 0.396 e. The van der Waals surface area contributed by atoms with E-state index in [0.29, 0.717) is 6.42 Å². The molecule has 13 heavy (non-hydrogen) atoms. The molecule has 0 aliphatic heterocycles. The van der Waals surface area contributed by atoms with Crippen molar-refractivity contribution in [2.45, 2.75) is 26.4 Å². The number of hydrogen-bond acceptors (Lipinski definition) is 2. The van der Waals surface area contributed by atoms with Gasteiger partial charge in [0, 0.05) is 18.4 Å². The van der Waals surface area contributed by atoms with E-state index in [4.69, 9.17) is 5.11 Å². The van der Waals surface area contributed by atoms with Gasteiger partial charge in [0.15, 0.2) is 0 Å². The predicted molar refractivity (Wildman–Crippen MR) is 53.3 cm³/mol. The summed E-state index contributed by atoms with van der Waals surface area (Å²) in [5.74, 6) is 0.317. The van der Waals surface area contributed by atoms with Crippen LogP contribution in [0.5, 0.6) is 0 Å². The third-order valence-corrected chi connectivity index (χ3v) is 2.72. The second-order valence-corrected chi connectivity index (χ2v) is 3.94. The lowest BCUT2D eigenvalue weighted by atomic mass is 9.81. The van der Waals surface area contributed by atoms with Crippen LogP contribution in [-0.4, -0.2) is 22.9 Å². The third-order valence-electron chi connectivity index (χ3n) is 2.72. The van der Waals surface area contributed by atoms with Gasteiger partial charge in [-0.2, -0.15) is 0 Å². The second kappa shape index (κ2) is 4.07. The number of rotatable bonds is 2. The Kier molecular flexibility index (Phi) is 3.28. The monoisotopic (exact) mass is 182 g/mol. The molecule has 0 fully saturated rings. The third kappa shape index (κ3) is 2.20. The molecule has 2 heteroatoms. The molecule has 74 valence electrons. The zero-order valence-electron chi connectivity index (χ0n) is 8.33. The quantitative estimate of drug-likeness (QED) is 0.679. The molecule has 0 saturated carbocycles. The van der Waals surface area contributed by atoms with Gasteiger partial charge in [0.25, 0.3) is 0 Å². The van der Waals surface area contributed by atoms with Crippen LogP contribution in [0.2, 0.25) is 0 Å². The predicted octanol–water partition coefficient (Wildman–Crippen LogP) is 1.50. The Morgan fingerprint density at radius 3 is 2.85 bits per heavy atom. The standard InChI is InChI=1S/C11H18O2/c1-7-5-11(13)8(2)4-10(7)9(3)6-12/h4,8-9,11-13H,1,5-6H2,2-3H3/t8?,9-,11+/m1/s1. The summed E-state index contributed by atoms with van der Waals surface area (Å²) in [6.07, 6.45) is 2.36. The molecule has 1 aliphatic rings. The fourth-order valence-corrected chi connectivity index (χ4v) is 1.68. The van der Waals surface area contributed by atoms with Gasteiger partial charge in [-0.3, -0.25) is 0 Å². The van der Waals surface area contributed by atoms with Crippen molar-refractivity contribution in [3.63, 3.8) is 0 Å². The molecule has 2 nitrogen and oxygen atoms in total. The highest BCUT2D eigenvalue weighted by Gasteiger charge is 2.23. The van der Waals surface area contributed by atoms with Crippen molar-refractivity contribution < 1.29 is 10.2 Å². The first-order chi connectivity index (χ1) is 6.06. The average molecular weight is 182 g/mol. The molecule has 1 aliphatic carbocycles. The van der Waals surface area contributed by atoms with Crippen LogP contribution in [0.25, 0.3) is 0 Å². The topological polar surface area (TPSA) is 40.5 Å². The van der Waals surface area contributed by atoms with Gasteiger partial charge in [-0.1, -0.05) is 26.5 Å². The Bertz CT molecular complexity index is 230. The van der Waals surface area contributed by atoms with Crippen LogP contribution in [0, 0.1) is 11.8 Å².